The van der Waals surface area contributed by atoms with Gasteiger partial charge in [0.05, 0.1) is 6.04 Å². The largest absolute Gasteiger partial charge is 0.325 e. The Hall–Kier alpha value is -2.73. The van der Waals surface area contributed by atoms with Crippen LogP contribution in [0, 0.1) is 13.8 Å². The Morgan fingerprint density at radius 1 is 1.11 bits per heavy atom. The highest BCUT2D eigenvalue weighted by Crippen LogP contribution is 2.28. The number of amides is 1. The predicted octanol–water partition coefficient (Wildman–Crippen LogP) is 3.55. The third kappa shape index (κ3) is 3.78. The average Bonchev–Trinajstić information content (AvgIpc) is 3.11. The van der Waals surface area contributed by atoms with Crippen LogP contribution >= 0.6 is 0 Å². The monoisotopic (exact) mass is 377 g/mol. The van der Waals surface area contributed by atoms with Gasteiger partial charge in [0, 0.05) is 17.8 Å². The van der Waals surface area contributed by atoms with Crippen molar-refractivity contribution < 1.29 is 4.79 Å². The summed E-state index contributed by atoms with van der Waals surface area (Å²) < 4.78 is 2.08. The van der Waals surface area contributed by atoms with E-state index in [1.165, 1.54) is 0 Å². The lowest BCUT2D eigenvalue weighted by molar-refractivity contribution is -0.121. The second-order valence-electron chi connectivity index (χ2n) is 7.84. The Morgan fingerprint density at radius 2 is 1.82 bits per heavy atom. The summed E-state index contributed by atoms with van der Waals surface area (Å²) >= 11 is 0. The number of nitrogens with zero attached hydrogens (tertiary/aromatic N) is 4. The third-order valence-corrected chi connectivity index (χ3v) is 5.65. The summed E-state index contributed by atoms with van der Waals surface area (Å²) in [4.78, 5) is 15.0. The first-order valence-electron chi connectivity index (χ1n) is 9.94. The zero-order valence-corrected chi connectivity index (χ0v) is 16.7. The standard InChI is InChI=1S/C22H27N5O/c1-15-12-16(2)14-19(13-15)23-22(28)17(3)26-10-7-18(8-11-26)21-25-24-20-6-4-5-9-27(20)21/h4-6,9,12-14,17-18H,7-8,10-11H2,1-3H3,(H,23,28)/t17-/m1/s1. The van der Waals surface area contributed by atoms with E-state index >= 15 is 0 Å². The van der Waals surface area contributed by atoms with Crippen molar-refractivity contribution in [2.45, 2.75) is 45.6 Å². The van der Waals surface area contributed by atoms with Gasteiger partial charge in [0.2, 0.25) is 5.91 Å². The van der Waals surface area contributed by atoms with E-state index < -0.39 is 0 Å². The van der Waals surface area contributed by atoms with Crippen LogP contribution in [0.1, 0.15) is 42.6 Å². The molecule has 6 nitrogen and oxygen atoms in total. The Bertz CT molecular complexity index is 967. The van der Waals surface area contributed by atoms with Crippen molar-refractivity contribution in [2.75, 3.05) is 18.4 Å². The minimum atomic E-state index is -0.156. The summed E-state index contributed by atoms with van der Waals surface area (Å²) in [6, 6.07) is 11.9. The summed E-state index contributed by atoms with van der Waals surface area (Å²) in [7, 11) is 0. The molecule has 6 heteroatoms. The SMILES string of the molecule is Cc1cc(C)cc(NC(=O)[C@@H](C)N2CCC(c3nnc4ccccn34)CC2)c1. The van der Waals surface area contributed by atoms with Gasteiger partial charge in [0.25, 0.3) is 0 Å². The average molecular weight is 377 g/mol. The van der Waals surface area contributed by atoms with E-state index in [4.69, 9.17) is 0 Å². The van der Waals surface area contributed by atoms with Gasteiger partial charge in [-0.05, 0) is 82.1 Å². The molecular weight excluding hydrogens is 350 g/mol. The van der Waals surface area contributed by atoms with Crippen molar-refractivity contribution in [1.29, 1.82) is 0 Å². The van der Waals surface area contributed by atoms with E-state index in [1.54, 1.807) is 0 Å². The number of aryl methyl sites for hydroxylation is 2. The van der Waals surface area contributed by atoms with Crippen molar-refractivity contribution in [3.63, 3.8) is 0 Å². The van der Waals surface area contributed by atoms with Crippen LogP contribution in [-0.2, 0) is 4.79 Å². The Kier molecular flexibility index (Phi) is 5.13. The predicted molar refractivity (Wildman–Crippen MR) is 111 cm³/mol. The first-order valence-corrected chi connectivity index (χ1v) is 9.94. The van der Waals surface area contributed by atoms with Gasteiger partial charge in [-0.2, -0.15) is 0 Å². The third-order valence-electron chi connectivity index (χ3n) is 5.65. The molecule has 4 rings (SSSR count). The molecule has 1 amide bonds. The van der Waals surface area contributed by atoms with Crippen molar-refractivity contribution >= 4 is 17.2 Å². The molecule has 1 N–H and O–H groups in total. The number of likely N-dealkylation sites (tertiary alicyclic amines) is 1. The van der Waals surface area contributed by atoms with Crippen LogP contribution in [0.3, 0.4) is 0 Å². The summed E-state index contributed by atoms with van der Waals surface area (Å²) in [5, 5.41) is 11.8. The summed E-state index contributed by atoms with van der Waals surface area (Å²) in [5.74, 6) is 1.46. The summed E-state index contributed by atoms with van der Waals surface area (Å²) in [6.45, 7) is 7.85. The molecule has 146 valence electrons. The molecule has 0 spiro atoms. The molecule has 0 saturated carbocycles. The first-order chi connectivity index (χ1) is 13.5. The normalized spacial score (nSPS) is 17.0. The van der Waals surface area contributed by atoms with Crippen LogP contribution in [-0.4, -0.2) is 44.5 Å². The Morgan fingerprint density at radius 3 is 2.54 bits per heavy atom. The number of rotatable bonds is 4. The quantitative estimate of drug-likeness (QED) is 0.755. The number of hydrogen-bond acceptors (Lipinski definition) is 4. The fraction of sp³-hybridized carbons (Fsp3) is 0.409. The lowest BCUT2D eigenvalue weighted by Gasteiger charge is -2.34. The second kappa shape index (κ2) is 7.72. The lowest BCUT2D eigenvalue weighted by atomic mass is 9.95. The van der Waals surface area contributed by atoms with Crippen LogP contribution in [0.25, 0.3) is 5.65 Å². The highest BCUT2D eigenvalue weighted by molar-refractivity contribution is 5.94. The molecule has 1 saturated heterocycles. The van der Waals surface area contributed by atoms with Crippen molar-refractivity contribution in [1.82, 2.24) is 19.5 Å². The molecule has 2 aromatic heterocycles. The van der Waals surface area contributed by atoms with E-state index in [2.05, 4.69) is 30.9 Å². The molecule has 0 radical (unpaired) electrons. The molecule has 0 bridgehead atoms. The second-order valence-corrected chi connectivity index (χ2v) is 7.84. The van der Waals surface area contributed by atoms with Gasteiger partial charge in [-0.25, -0.2) is 0 Å². The maximum Gasteiger partial charge on any atom is 0.241 e. The van der Waals surface area contributed by atoms with Gasteiger partial charge < -0.3 is 5.32 Å². The number of aromatic nitrogens is 3. The molecule has 1 aromatic carbocycles. The molecule has 1 fully saturated rings. The van der Waals surface area contributed by atoms with E-state index in [0.717, 1.165) is 54.2 Å². The fourth-order valence-corrected chi connectivity index (χ4v) is 4.14. The summed E-state index contributed by atoms with van der Waals surface area (Å²) in [6.07, 6.45) is 3.99. The molecule has 1 aliphatic rings. The van der Waals surface area contributed by atoms with Crippen LogP contribution < -0.4 is 5.32 Å². The van der Waals surface area contributed by atoms with E-state index in [0.29, 0.717) is 5.92 Å². The van der Waals surface area contributed by atoms with Crippen LogP contribution in [0.15, 0.2) is 42.6 Å². The first kappa shape index (κ1) is 18.6. The van der Waals surface area contributed by atoms with Crippen molar-refractivity contribution in [3.8, 4) is 0 Å². The molecule has 1 atom stereocenters. The van der Waals surface area contributed by atoms with Crippen LogP contribution in [0.5, 0.6) is 0 Å². The highest BCUT2D eigenvalue weighted by atomic mass is 16.2. The lowest BCUT2D eigenvalue weighted by Crippen LogP contribution is -2.45. The number of carbonyl (C=O) groups is 1. The maximum absolute atomic E-state index is 12.7. The molecule has 1 aliphatic heterocycles. The number of nitrogens with one attached hydrogen (secondary N) is 1. The zero-order chi connectivity index (χ0) is 19.7. The van der Waals surface area contributed by atoms with Gasteiger partial charge in [0.15, 0.2) is 5.65 Å². The number of fused-ring (bicyclic) bond motifs is 1. The molecule has 0 aliphatic carbocycles. The van der Waals surface area contributed by atoms with Gasteiger partial charge >= 0.3 is 0 Å². The van der Waals surface area contributed by atoms with Gasteiger partial charge in [0.1, 0.15) is 5.82 Å². The number of pyridine rings is 1. The number of hydrogen-bond donors (Lipinski definition) is 1. The minimum absolute atomic E-state index is 0.0522. The zero-order valence-electron chi connectivity index (χ0n) is 16.7. The molecule has 3 aromatic rings. The molecule has 3 heterocycles. The summed E-state index contributed by atoms with van der Waals surface area (Å²) in [5.41, 5.74) is 4.08. The molecular formula is C22H27N5O. The number of carbonyl (C=O) groups excluding carboxylic acids is 1. The van der Waals surface area contributed by atoms with Crippen molar-refractivity contribution in [3.05, 3.63) is 59.5 Å². The highest BCUT2D eigenvalue weighted by Gasteiger charge is 2.29. The fourth-order valence-electron chi connectivity index (χ4n) is 4.14. The van der Waals surface area contributed by atoms with Crippen LogP contribution in [0.4, 0.5) is 5.69 Å². The topological polar surface area (TPSA) is 62.5 Å². The van der Waals surface area contributed by atoms with Gasteiger partial charge in [-0.15, -0.1) is 10.2 Å². The smallest absolute Gasteiger partial charge is 0.241 e. The minimum Gasteiger partial charge on any atom is -0.325 e. The van der Waals surface area contributed by atoms with E-state index in [-0.39, 0.29) is 11.9 Å². The van der Waals surface area contributed by atoms with Crippen molar-refractivity contribution in [2.24, 2.45) is 0 Å². The maximum atomic E-state index is 12.7. The number of benzene rings is 1. The van der Waals surface area contributed by atoms with Crippen LogP contribution in [0.2, 0.25) is 0 Å². The number of anilines is 1. The Balaban J connectivity index is 1.38. The Labute approximate surface area is 165 Å². The molecule has 28 heavy (non-hydrogen) atoms. The van der Waals surface area contributed by atoms with E-state index in [9.17, 15) is 4.79 Å². The number of piperidine rings is 1. The van der Waals surface area contributed by atoms with E-state index in [1.807, 2.05) is 57.3 Å². The van der Waals surface area contributed by atoms with Gasteiger partial charge in [-0.1, -0.05) is 12.1 Å². The van der Waals surface area contributed by atoms with Gasteiger partial charge in [-0.3, -0.25) is 14.1 Å². The molecule has 0 unspecified atom stereocenters.